The number of hydrogen-bond donors (Lipinski definition) is 1. The number of carbonyl (C=O) groups is 2. The first-order chi connectivity index (χ1) is 15.3. The Morgan fingerprint density at radius 2 is 1.97 bits per heavy atom. The lowest BCUT2D eigenvalue weighted by molar-refractivity contribution is -0.138. The molecule has 2 heterocycles. The minimum Gasteiger partial charge on any atom is -0.496 e. The van der Waals surface area contributed by atoms with Crippen LogP contribution in [0.15, 0.2) is 35.1 Å². The largest absolute Gasteiger partial charge is 0.496 e. The highest BCUT2D eigenvalue weighted by Crippen LogP contribution is 2.18. The first-order valence-corrected chi connectivity index (χ1v) is 10.7. The highest BCUT2D eigenvalue weighted by Gasteiger charge is 2.32. The van der Waals surface area contributed by atoms with E-state index < -0.39 is 6.04 Å². The molecule has 0 bridgehead atoms. The SMILES string of the molecule is COc1ccc(CCNC(=O)[C@H]2CN(C(=O)Cn3nc(C)ccc3=O)CCN2C)cc1C. The van der Waals surface area contributed by atoms with Gasteiger partial charge >= 0.3 is 0 Å². The van der Waals surface area contributed by atoms with E-state index in [4.69, 9.17) is 4.74 Å². The van der Waals surface area contributed by atoms with Crippen LogP contribution in [0, 0.1) is 13.8 Å². The molecule has 9 nitrogen and oxygen atoms in total. The molecule has 1 aliphatic heterocycles. The minimum absolute atomic E-state index is 0.110. The van der Waals surface area contributed by atoms with E-state index in [1.165, 1.54) is 10.7 Å². The van der Waals surface area contributed by atoms with Gasteiger partial charge < -0.3 is 15.0 Å². The molecule has 0 radical (unpaired) electrons. The molecule has 2 aromatic rings. The summed E-state index contributed by atoms with van der Waals surface area (Å²) in [5.74, 6) is 0.514. The van der Waals surface area contributed by atoms with Gasteiger partial charge in [-0.1, -0.05) is 12.1 Å². The number of methoxy groups -OCH3 is 1. The molecule has 1 aliphatic rings. The maximum Gasteiger partial charge on any atom is 0.267 e. The van der Waals surface area contributed by atoms with Gasteiger partial charge in [0.15, 0.2) is 0 Å². The highest BCUT2D eigenvalue weighted by molar-refractivity contribution is 5.83. The second-order valence-electron chi connectivity index (χ2n) is 8.15. The molecule has 0 aliphatic carbocycles. The van der Waals surface area contributed by atoms with Gasteiger partial charge in [-0.3, -0.25) is 19.3 Å². The molecule has 32 heavy (non-hydrogen) atoms. The van der Waals surface area contributed by atoms with Crippen LogP contribution in [0.3, 0.4) is 0 Å². The number of likely N-dealkylation sites (N-methyl/N-ethyl adjacent to an activating group) is 1. The first kappa shape index (κ1) is 23.5. The summed E-state index contributed by atoms with van der Waals surface area (Å²) in [6, 6.07) is 8.56. The number of amides is 2. The van der Waals surface area contributed by atoms with Crippen molar-refractivity contribution in [3.8, 4) is 5.75 Å². The third-order valence-corrected chi connectivity index (χ3v) is 5.76. The lowest BCUT2D eigenvalue weighted by Crippen LogP contribution is -2.59. The number of aryl methyl sites for hydroxylation is 2. The zero-order valence-corrected chi connectivity index (χ0v) is 19.1. The number of benzene rings is 1. The number of piperazine rings is 1. The quantitative estimate of drug-likeness (QED) is 0.667. The molecule has 0 saturated carbocycles. The van der Waals surface area contributed by atoms with E-state index in [0.29, 0.717) is 31.7 Å². The van der Waals surface area contributed by atoms with E-state index in [1.54, 1.807) is 25.0 Å². The molecular weight excluding hydrogens is 410 g/mol. The topological polar surface area (TPSA) is 96.8 Å². The van der Waals surface area contributed by atoms with Crippen molar-refractivity contribution < 1.29 is 14.3 Å². The smallest absolute Gasteiger partial charge is 0.267 e. The van der Waals surface area contributed by atoms with E-state index in [-0.39, 0.29) is 30.5 Å². The van der Waals surface area contributed by atoms with Crippen molar-refractivity contribution in [3.63, 3.8) is 0 Å². The van der Waals surface area contributed by atoms with Crippen molar-refractivity contribution >= 4 is 11.8 Å². The molecule has 0 spiro atoms. The van der Waals surface area contributed by atoms with Crippen LogP contribution in [-0.4, -0.2) is 77.8 Å². The standard InChI is InChI=1S/C23H31N5O4/c1-16-13-18(6-7-20(16)32-4)9-10-24-23(31)19-14-27(12-11-26(19)3)22(30)15-28-21(29)8-5-17(2)25-28/h5-8,13,19H,9-12,14-15H2,1-4H3,(H,24,31)/t19-/m1/s1. The van der Waals surface area contributed by atoms with Crippen LogP contribution in [0.25, 0.3) is 0 Å². The zero-order valence-electron chi connectivity index (χ0n) is 19.1. The van der Waals surface area contributed by atoms with Crippen molar-refractivity contribution in [1.82, 2.24) is 24.9 Å². The molecule has 172 valence electrons. The second kappa shape index (κ2) is 10.4. The molecule has 1 atom stereocenters. The van der Waals surface area contributed by atoms with Gasteiger partial charge in [0, 0.05) is 32.2 Å². The molecule has 2 amide bonds. The summed E-state index contributed by atoms with van der Waals surface area (Å²) in [4.78, 5) is 41.1. The number of carbonyl (C=O) groups excluding carboxylic acids is 2. The van der Waals surface area contributed by atoms with Crippen LogP contribution in [-0.2, 0) is 22.6 Å². The lowest BCUT2D eigenvalue weighted by atomic mass is 10.1. The van der Waals surface area contributed by atoms with E-state index in [9.17, 15) is 14.4 Å². The van der Waals surface area contributed by atoms with Crippen molar-refractivity contribution in [2.45, 2.75) is 32.9 Å². The summed E-state index contributed by atoms with van der Waals surface area (Å²) >= 11 is 0. The third kappa shape index (κ3) is 5.73. The molecule has 9 heteroatoms. The van der Waals surface area contributed by atoms with E-state index >= 15 is 0 Å². The van der Waals surface area contributed by atoms with Crippen molar-refractivity contribution in [3.05, 3.63) is 57.5 Å². The fourth-order valence-corrected chi connectivity index (χ4v) is 3.82. The Morgan fingerprint density at radius 3 is 2.69 bits per heavy atom. The van der Waals surface area contributed by atoms with Gasteiger partial charge in [-0.25, -0.2) is 4.68 Å². The Balaban J connectivity index is 1.55. The molecular formula is C23H31N5O4. The normalized spacial score (nSPS) is 16.6. The summed E-state index contributed by atoms with van der Waals surface area (Å²) in [7, 11) is 3.53. The molecule has 1 fully saturated rings. The van der Waals surface area contributed by atoms with Crippen molar-refractivity contribution in [2.24, 2.45) is 0 Å². The summed E-state index contributed by atoms with van der Waals surface area (Å²) in [6.07, 6.45) is 0.706. The van der Waals surface area contributed by atoms with Crippen molar-refractivity contribution in [1.29, 1.82) is 0 Å². The maximum atomic E-state index is 12.8. The summed E-state index contributed by atoms with van der Waals surface area (Å²) < 4.78 is 6.45. The molecule has 1 aromatic heterocycles. The van der Waals surface area contributed by atoms with Gasteiger partial charge in [0.2, 0.25) is 11.8 Å². The van der Waals surface area contributed by atoms with Gasteiger partial charge in [-0.05, 0) is 50.6 Å². The van der Waals surface area contributed by atoms with Crippen LogP contribution in [0.4, 0.5) is 0 Å². The van der Waals surface area contributed by atoms with Crippen LogP contribution in [0.2, 0.25) is 0 Å². The molecule has 0 unspecified atom stereocenters. The van der Waals surface area contributed by atoms with Crippen molar-refractivity contribution in [2.75, 3.05) is 40.3 Å². The summed E-state index contributed by atoms with van der Waals surface area (Å²) in [5.41, 5.74) is 2.52. The van der Waals surface area contributed by atoms with Gasteiger partial charge in [-0.2, -0.15) is 5.10 Å². The number of rotatable bonds is 7. The molecule has 1 saturated heterocycles. The fraction of sp³-hybridized carbons (Fsp3) is 0.478. The van der Waals surface area contributed by atoms with Gasteiger partial charge in [-0.15, -0.1) is 0 Å². The highest BCUT2D eigenvalue weighted by atomic mass is 16.5. The van der Waals surface area contributed by atoms with E-state index in [0.717, 1.165) is 16.9 Å². The number of ether oxygens (including phenoxy) is 1. The maximum absolute atomic E-state index is 12.8. The van der Waals surface area contributed by atoms with Crippen LogP contribution in [0.1, 0.15) is 16.8 Å². The average molecular weight is 442 g/mol. The average Bonchev–Trinajstić information content (AvgIpc) is 2.76. The second-order valence-corrected chi connectivity index (χ2v) is 8.15. The zero-order chi connectivity index (χ0) is 23.3. The number of hydrogen-bond acceptors (Lipinski definition) is 6. The van der Waals surface area contributed by atoms with E-state index in [1.807, 2.05) is 31.0 Å². The Morgan fingerprint density at radius 1 is 1.19 bits per heavy atom. The molecule has 1 aromatic carbocycles. The number of nitrogens with zero attached hydrogens (tertiary/aromatic N) is 4. The predicted octanol–water partition coefficient (Wildman–Crippen LogP) is 0.370. The van der Waals surface area contributed by atoms with Crippen LogP contribution in [0.5, 0.6) is 5.75 Å². The van der Waals surface area contributed by atoms with Gasteiger partial charge in [0.05, 0.1) is 12.8 Å². The van der Waals surface area contributed by atoms with Crippen LogP contribution < -0.4 is 15.6 Å². The van der Waals surface area contributed by atoms with Gasteiger partial charge in [0.1, 0.15) is 18.3 Å². The van der Waals surface area contributed by atoms with E-state index in [2.05, 4.69) is 16.5 Å². The minimum atomic E-state index is -0.438. The summed E-state index contributed by atoms with van der Waals surface area (Å²) in [6.45, 7) is 5.50. The first-order valence-electron chi connectivity index (χ1n) is 10.7. The van der Waals surface area contributed by atoms with Crippen LogP contribution >= 0.6 is 0 Å². The number of aromatic nitrogens is 2. The fourth-order valence-electron chi connectivity index (χ4n) is 3.82. The monoisotopic (exact) mass is 441 g/mol. The van der Waals surface area contributed by atoms with Gasteiger partial charge in [0.25, 0.3) is 5.56 Å². The lowest BCUT2D eigenvalue weighted by Gasteiger charge is -2.38. The third-order valence-electron chi connectivity index (χ3n) is 5.76. The number of nitrogens with one attached hydrogen (secondary N) is 1. The molecule has 3 rings (SSSR count). The Kier molecular flexibility index (Phi) is 7.63. The summed E-state index contributed by atoms with van der Waals surface area (Å²) in [5, 5.41) is 7.11. The predicted molar refractivity (Wildman–Crippen MR) is 121 cm³/mol. The Labute approximate surface area is 188 Å². The Bertz CT molecular complexity index is 1040. The molecule has 1 N–H and O–H groups in total. The Hall–Kier alpha value is -3.20.